The lowest BCUT2D eigenvalue weighted by Crippen LogP contribution is -2.26. The van der Waals surface area contributed by atoms with Gasteiger partial charge in [0, 0.05) is 5.56 Å². The second-order valence-corrected chi connectivity index (χ2v) is 6.20. The molecule has 0 aliphatic heterocycles. The van der Waals surface area contributed by atoms with Crippen LogP contribution in [0.1, 0.15) is 43.4 Å². The molecule has 0 radical (unpaired) electrons. The average Bonchev–Trinajstić information content (AvgIpc) is 2.54. The summed E-state index contributed by atoms with van der Waals surface area (Å²) in [7, 11) is 0. The number of carbonyl (C=O) groups excluding carboxylic acids is 1. The molecule has 0 saturated carbocycles. The van der Waals surface area contributed by atoms with Gasteiger partial charge < -0.3 is 13.9 Å². The SMILES string of the molecule is CCOC(=O)C(C)Oc1cc(C)cc2oc(=O)c3c(c12)CCCC3. The molecule has 24 heavy (non-hydrogen) atoms. The molecule has 1 aliphatic carbocycles. The molecule has 1 aromatic heterocycles. The molecule has 0 bridgehead atoms. The highest BCUT2D eigenvalue weighted by molar-refractivity contribution is 5.89. The Morgan fingerprint density at radius 2 is 1.96 bits per heavy atom. The summed E-state index contributed by atoms with van der Waals surface area (Å²) in [4.78, 5) is 24.1. The molecule has 5 nitrogen and oxygen atoms in total. The van der Waals surface area contributed by atoms with Crippen LogP contribution in [0.4, 0.5) is 0 Å². The minimum atomic E-state index is -0.721. The zero-order valence-corrected chi connectivity index (χ0v) is 14.3. The highest BCUT2D eigenvalue weighted by Gasteiger charge is 2.23. The highest BCUT2D eigenvalue weighted by atomic mass is 16.6. The molecular weight excluding hydrogens is 308 g/mol. The van der Waals surface area contributed by atoms with Crippen molar-refractivity contribution in [3.05, 3.63) is 39.2 Å². The van der Waals surface area contributed by atoms with Gasteiger partial charge in [0.25, 0.3) is 0 Å². The molecule has 0 fully saturated rings. The first-order chi connectivity index (χ1) is 11.5. The summed E-state index contributed by atoms with van der Waals surface area (Å²) in [5.74, 6) is 0.172. The maximum absolute atomic E-state index is 12.2. The van der Waals surface area contributed by atoms with Crippen LogP contribution in [0.15, 0.2) is 21.3 Å². The normalized spacial score (nSPS) is 15.0. The smallest absolute Gasteiger partial charge is 0.347 e. The zero-order valence-electron chi connectivity index (χ0n) is 14.3. The van der Waals surface area contributed by atoms with Crippen LogP contribution in [0.3, 0.4) is 0 Å². The monoisotopic (exact) mass is 330 g/mol. The van der Waals surface area contributed by atoms with E-state index in [0.29, 0.717) is 17.9 Å². The molecule has 0 spiro atoms. The van der Waals surface area contributed by atoms with Crippen LogP contribution in [0.2, 0.25) is 0 Å². The van der Waals surface area contributed by atoms with Crippen LogP contribution < -0.4 is 10.4 Å². The van der Waals surface area contributed by atoms with Crippen molar-refractivity contribution in [3.63, 3.8) is 0 Å². The number of esters is 1. The molecule has 1 aromatic carbocycles. The first-order valence-corrected chi connectivity index (χ1v) is 8.43. The van der Waals surface area contributed by atoms with Gasteiger partial charge in [0.05, 0.1) is 12.0 Å². The van der Waals surface area contributed by atoms with Crippen molar-refractivity contribution in [2.45, 2.75) is 52.6 Å². The summed E-state index contributed by atoms with van der Waals surface area (Å²) in [5.41, 5.74) is 2.91. The Balaban J connectivity index is 2.13. The van der Waals surface area contributed by atoms with Gasteiger partial charge in [0.1, 0.15) is 11.3 Å². The molecule has 5 heteroatoms. The highest BCUT2D eigenvalue weighted by Crippen LogP contribution is 2.35. The van der Waals surface area contributed by atoms with E-state index in [9.17, 15) is 9.59 Å². The maximum atomic E-state index is 12.2. The van der Waals surface area contributed by atoms with Gasteiger partial charge in [0.15, 0.2) is 6.10 Å². The van der Waals surface area contributed by atoms with Gasteiger partial charge in [-0.15, -0.1) is 0 Å². The van der Waals surface area contributed by atoms with E-state index in [2.05, 4.69) is 0 Å². The summed E-state index contributed by atoms with van der Waals surface area (Å²) in [5, 5.41) is 0.811. The van der Waals surface area contributed by atoms with Gasteiger partial charge in [-0.05, 0) is 69.7 Å². The lowest BCUT2D eigenvalue weighted by molar-refractivity contribution is -0.150. The van der Waals surface area contributed by atoms with Crippen molar-refractivity contribution < 1.29 is 18.7 Å². The third kappa shape index (κ3) is 3.03. The Morgan fingerprint density at radius 3 is 2.67 bits per heavy atom. The van der Waals surface area contributed by atoms with Crippen LogP contribution in [0, 0.1) is 6.92 Å². The molecule has 128 valence electrons. The Labute approximate surface area is 140 Å². The Hall–Kier alpha value is -2.30. The maximum Gasteiger partial charge on any atom is 0.347 e. The fourth-order valence-corrected chi connectivity index (χ4v) is 3.26. The molecular formula is C19H22O5. The van der Waals surface area contributed by atoms with E-state index in [0.717, 1.165) is 47.8 Å². The Kier molecular flexibility index (Phi) is 4.60. The molecule has 2 aromatic rings. The van der Waals surface area contributed by atoms with E-state index in [1.54, 1.807) is 13.8 Å². The molecule has 3 rings (SSSR count). The summed E-state index contributed by atoms with van der Waals surface area (Å²) in [6, 6.07) is 3.72. The first kappa shape index (κ1) is 16.6. The van der Waals surface area contributed by atoms with E-state index < -0.39 is 12.1 Å². The standard InChI is InChI=1S/C19H22O5/c1-4-22-18(20)12(3)23-15-9-11(2)10-16-17(15)13-7-5-6-8-14(13)19(21)24-16/h9-10,12H,4-8H2,1-3H3. The van der Waals surface area contributed by atoms with E-state index in [4.69, 9.17) is 13.9 Å². The molecule has 1 unspecified atom stereocenters. The predicted octanol–water partition coefficient (Wildman–Crippen LogP) is 3.31. The third-order valence-electron chi connectivity index (χ3n) is 4.35. The largest absolute Gasteiger partial charge is 0.478 e. The van der Waals surface area contributed by atoms with Crippen molar-refractivity contribution in [2.24, 2.45) is 0 Å². The molecule has 1 atom stereocenters. The van der Waals surface area contributed by atoms with Crippen LogP contribution in [0.25, 0.3) is 11.0 Å². The van der Waals surface area contributed by atoms with Gasteiger partial charge in [-0.1, -0.05) is 0 Å². The Morgan fingerprint density at radius 1 is 1.25 bits per heavy atom. The number of benzene rings is 1. The Bertz CT molecular complexity index is 834. The van der Waals surface area contributed by atoms with Crippen molar-refractivity contribution in [3.8, 4) is 5.75 Å². The summed E-state index contributed by atoms with van der Waals surface area (Å²) >= 11 is 0. The van der Waals surface area contributed by atoms with E-state index in [-0.39, 0.29) is 5.63 Å². The van der Waals surface area contributed by atoms with Crippen molar-refractivity contribution >= 4 is 16.9 Å². The van der Waals surface area contributed by atoms with Gasteiger partial charge in [-0.2, -0.15) is 0 Å². The van der Waals surface area contributed by atoms with Crippen LogP contribution >= 0.6 is 0 Å². The minimum absolute atomic E-state index is 0.257. The summed E-state index contributed by atoms with van der Waals surface area (Å²) in [6.07, 6.45) is 2.86. The minimum Gasteiger partial charge on any atom is -0.478 e. The first-order valence-electron chi connectivity index (χ1n) is 8.43. The lowest BCUT2D eigenvalue weighted by atomic mass is 9.90. The topological polar surface area (TPSA) is 65.7 Å². The van der Waals surface area contributed by atoms with Crippen molar-refractivity contribution in [1.82, 2.24) is 0 Å². The number of hydrogen-bond donors (Lipinski definition) is 0. The van der Waals surface area contributed by atoms with Crippen LogP contribution in [-0.4, -0.2) is 18.7 Å². The average molecular weight is 330 g/mol. The second kappa shape index (κ2) is 6.67. The second-order valence-electron chi connectivity index (χ2n) is 6.20. The molecule has 1 heterocycles. The summed E-state index contributed by atoms with van der Waals surface area (Å²) < 4.78 is 16.4. The zero-order chi connectivity index (χ0) is 17.3. The number of ether oxygens (including phenoxy) is 2. The molecule has 1 aliphatic rings. The molecule has 0 amide bonds. The van der Waals surface area contributed by atoms with Gasteiger partial charge in [0.2, 0.25) is 0 Å². The summed E-state index contributed by atoms with van der Waals surface area (Å²) in [6.45, 7) is 5.64. The van der Waals surface area contributed by atoms with E-state index in [1.165, 1.54) is 0 Å². The molecule has 0 N–H and O–H groups in total. The third-order valence-corrected chi connectivity index (χ3v) is 4.35. The van der Waals surface area contributed by atoms with Crippen molar-refractivity contribution in [1.29, 1.82) is 0 Å². The van der Waals surface area contributed by atoms with Crippen LogP contribution in [0.5, 0.6) is 5.75 Å². The van der Waals surface area contributed by atoms with Gasteiger partial charge in [-0.3, -0.25) is 0 Å². The number of aryl methyl sites for hydroxylation is 2. The van der Waals surface area contributed by atoms with E-state index >= 15 is 0 Å². The van der Waals surface area contributed by atoms with Gasteiger partial charge in [-0.25, -0.2) is 9.59 Å². The van der Waals surface area contributed by atoms with Crippen molar-refractivity contribution in [2.75, 3.05) is 6.61 Å². The quantitative estimate of drug-likeness (QED) is 0.635. The predicted molar refractivity (Wildman–Crippen MR) is 90.6 cm³/mol. The number of rotatable bonds is 4. The lowest BCUT2D eigenvalue weighted by Gasteiger charge is -2.20. The number of fused-ring (bicyclic) bond motifs is 3. The fourth-order valence-electron chi connectivity index (χ4n) is 3.26. The molecule has 0 saturated heterocycles. The fraction of sp³-hybridized carbons (Fsp3) is 0.474. The van der Waals surface area contributed by atoms with Gasteiger partial charge >= 0.3 is 11.6 Å². The number of carbonyl (C=O) groups is 1. The van der Waals surface area contributed by atoms with Crippen LogP contribution in [-0.2, 0) is 22.4 Å². The number of hydrogen-bond acceptors (Lipinski definition) is 5. The van der Waals surface area contributed by atoms with E-state index in [1.807, 2.05) is 19.1 Å².